The molecule has 182 valence electrons. The van der Waals surface area contributed by atoms with Gasteiger partial charge in [0.25, 0.3) is 0 Å². The minimum absolute atomic E-state index is 0.124. The molecule has 5 nitrogen and oxygen atoms in total. The summed E-state index contributed by atoms with van der Waals surface area (Å²) in [7, 11) is 1.56. The minimum atomic E-state index is -0.259. The van der Waals surface area contributed by atoms with Gasteiger partial charge in [-0.1, -0.05) is 30.3 Å². The standard InChI is InChI=1S/C30H28FN3O2/c1-36-29-6-2-5-27(31)26(29)19-34-13-3-4-21(18-34)14-28(35)23-11-12-24-17-33-30(25(24)15-23)22-9-7-20(16-32)8-10-22/h2,5-12,15,21H,3-4,13-14,17-19H2,1H3/t21-/m0/s1. The van der Waals surface area contributed by atoms with E-state index in [4.69, 9.17) is 15.0 Å². The molecular weight excluding hydrogens is 453 g/mol. The van der Waals surface area contributed by atoms with Crippen LogP contribution in [0.1, 0.15) is 57.4 Å². The van der Waals surface area contributed by atoms with Crippen molar-refractivity contribution in [2.45, 2.75) is 32.4 Å². The van der Waals surface area contributed by atoms with Gasteiger partial charge in [0.1, 0.15) is 11.6 Å². The van der Waals surface area contributed by atoms with Crippen LogP contribution in [0.2, 0.25) is 0 Å². The molecule has 0 aliphatic carbocycles. The van der Waals surface area contributed by atoms with Gasteiger partial charge in [0.05, 0.1) is 31.0 Å². The number of likely N-dealkylation sites (tertiary alicyclic amines) is 1. The molecule has 0 aromatic heterocycles. The molecule has 36 heavy (non-hydrogen) atoms. The average molecular weight is 482 g/mol. The second-order valence-electron chi connectivity index (χ2n) is 9.52. The van der Waals surface area contributed by atoms with Crippen molar-refractivity contribution in [1.82, 2.24) is 4.90 Å². The first-order valence-electron chi connectivity index (χ1n) is 12.3. The third-order valence-electron chi connectivity index (χ3n) is 7.14. The average Bonchev–Trinajstić information content (AvgIpc) is 3.33. The summed E-state index contributed by atoms with van der Waals surface area (Å²) in [6.07, 6.45) is 2.43. The summed E-state index contributed by atoms with van der Waals surface area (Å²) in [5, 5.41) is 9.07. The molecule has 1 fully saturated rings. The smallest absolute Gasteiger partial charge is 0.163 e. The number of ketones is 1. The molecule has 3 aromatic carbocycles. The molecule has 0 amide bonds. The highest BCUT2D eigenvalue weighted by Crippen LogP contribution is 2.29. The number of carbonyl (C=O) groups is 1. The van der Waals surface area contributed by atoms with Crippen molar-refractivity contribution in [3.63, 3.8) is 0 Å². The number of benzene rings is 3. The zero-order valence-electron chi connectivity index (χ0n) is 20.3. The van der Waals surface area contributed by atoms with E-state index in [1.807, 2.05) is 30.3 Å². The van der Waals surface area contributed by atoms with Gasteiger partial charge in [-0.05, 0) is 61.2 Å². The summed E-state index contributed by atoms with van der Waals surface area (Å²) in [6, 6.07) is 20.3. The second kappa shape index (κ2) is 10.4. The van der Waals surface area contributed by atoms with E-state index in [1.165, 1.54) is 6.07 Å². The third kappa shape index (κ3) is 4.93. The lowest BCUT2D eigenvalue weighted by atomic mass is 9.89. The number of halogens is 1. The Hall–Kier alpha value is -3.82. The van der Waals surface area contributed by atoms with E-state index in [1.54, 1.807) is 31.4 Å². The third-order valence-corrected chi connectivity index (χ3v) is 7.14. The second-order valence-corrected chi connectivity index (χ2v) is 9.52. The molecule has 2 aliphatic rings. The van der Waals surface area contributed by atoms with Gasteiger partial charge in [-0.3, -0.25) is 14.7 Å². The van der Waals surface area contributed by atoms with Gasteiger partial charge < -0.3 is 4.74 Å². The molecule has 1 saturated heterocycles. The molecule has 1 atom stereocenters. The molecule has 3 aromatic rings. The number of nitrogens with zero attached hydrogens (tertiary/aromatic N) is 3. The number of Topliss-reactive ketones (excluding diaryl/α,β-unsaturated/α-hetero) is 1. The number of nitriles is 1. The lowest BCUT2D eigenvalue weighted by Crippen LogP contribution is -2.36. The fourth-order valence-corrected chi connectivity index (χ4v) is 5.26. The molecule has 0 radical (unpaired) electrons. The normalized spacial score (nSPS) is 17.2. The quantitative estimate of drug-likeness (QED) is 0.416. The molecule has 0 N–H and O–H groups in total. The molecule has 2 aliphatic heterocycles. The fourth-order valence-electron chi connectivity index (χ4n) is 5.26. The Labute approximate surface area is 210 Å². The number of piperidine rings is 1. The van der Waals surface area contributed by atoms with E-state index < -0.39 is 0 Å². The predicted octanol–water partition coefficient (Wildman–Crippen LogP) is 5.54. The van der Waals surface area contributed by atoms with E-state index in [0.29, 0.717) is 42.0 Å². The summed E-state index contributed by atoms with van der Waals surface area (Å²) in [5.74, 6) is 0.652. The van der Waals surface area contributed by atoms with E-state index in [2.05, 4.69) is 11.0 Å². The molecule has 5 rings (SSSR count). The van der Waals surface area contributed by atoms with Crippen molar-refractivity contribution >= 4 is 11.5 Å². The predicted molar refractivity (Wildman–Crippen MR) is 137 cm³/mol. The first kappa shape index (κ1) is 23.9. The van der Waals surface area contributed by atoms with Crippen LogP contribution in [-0.4, -0.2) is 36.6 Å². The molecule has 0 spiro atoms. The minimum Gasteiger partial charge on any atom is -0.496 e. The van der Waals surface area contributed by atoms with Crippen LogP contribution in [0.25, 0.3) is 0 Å². The Bertz CT molecular complexity index is 1360. The van der Waals surface area contributed by atoms with Crippen LogP contribution < -0.4 is 4.74 Å². The topological polar surface area (TPSA) is 65.7 Å². The van der Waals surface area contributed by atoms with Crippen molar-refractivity contribution in [3.8, 4) is 11.8 Å². The molecule has 6 heteroatoms. The lowest BCUT2D eigenvalue weighted by molar-refractivity contribution is 0.0911. The SMILES string of the molecule is COc1cccc(F)c1CN1CCC[C@@H](CC(=O)c2ccc3c(c2)C(c2ccc(C#N)cc2)=NC3)C1. The van der Waals surface area contributed by atoms with Crippen LogP contribution in [0, 0.1) is 23.1 Å². The first-order valence-corrected chi connectivity index (χ1v) is 12.3. The van der Waals surface area contributed by atoms with Crippen molar-refractivity contribution in [3.05, 3.63) is 99.9 Å². The maximum absolute atomic E-state index is 14.4. The van der Waals surface area contributed by atoms with Crippen LogP contribution in [0.15, 0.2) is 65.7 Å². The van der Waals surface area contributed by atoms with E-state index in [0.717, 1.165) is 48.3 Å². The maximum Gasteiger partial charge on any atom is 0.163 e. The van der Waals surface area contributed by atoms with Gasteiger partial charge in [0.2, 0.25) is 0 Å². The number of hydrogen-bond donors (Lipinski definition) is 0. The Morgan fingerprint density at radius 3 is 2.81 bits per heavy atom. The van der Waals surface area contributed by atoms with Gasteiger partial charge in [-0.15, -0.1) is 0 Å². The summed E-state index contributed by atoms with van der Waals surface area (Å²) in [6.45, 7) is 2.71. The zero-order chi connectivity index (χ0) is 25.1. The molecule has 0 bridgehead atoms. The van der Waals surface area contributed by atoms with Crippen molar-refractivity contribution in [1.29, 1.82) is 5.26 Å². The summed E-state index contributed by atoms with van der Waals surface area (Å²) < 4.78 is 19.8. The van der Waals surface area contributed by atoms with E-state index in [9.17, 15) is 9.18 Å². The largest absolute Gasteiger partial charge is 0.496 e. The van der Waals surface area contributed by atoms with Gasteiger partial charge in [-0.2, -0.15) is 5.26 Å². The molecule has 0 saturated carbocycles. The summed E-state index contributed by atoms with van der Waals surface area (Å²) >= 11 is 0. The number of fused-ring (bicyclic) bond motifs is 1. The van der Waals surface area contributed by atoms with Gasteiger partial charge in [-0.25, -0.2) is 4.39 Å². The van der Waals surface area contributed by atoms with Gasteiger partial charge in [0.15, 0.2) is 5.78 Å². The van der Waals surface area contributed by atoms with Crippen LogP contribution in [-0.2, 0) is 13.1 Å². The number of aliphatic imine (C=N–C) groups is 1. The number of rotatable bonds is 7. The summed E-state index contributed by atoms with van der Waals surface area (Å²) in [5.41, 5.74) is 5.79. The van der Waals surface area contributed by atoms with Crippen molar-refractivity contribution in [2.75, 3.05) is 20.2 Å². The van der Waals surface area contributed by atoms with E-state index in [-0.39, 0.29) is 17.5 Å². The number of methoxy groups -OCH3 is 1. The van der Waals surface area contributed by atoms with Crippen molar-refractivity contribution in [2.24, 2.45) is 10.9 Å². The number of carbonyl (C=O) groups excluding carboxylic acids is 1. The lowest BCUT2D eigenvalue weighted by Gasteiger charge is -2.33. The summed E-state index contributed by atoms with van der Waals surface area (Å²) in [4.78, 5) is 20.2. The van der Waals surface area contributed by atoms with Crippen molar-refractivity contribution < 1.29 is 13.9 Å². The van der Waals surface area contributed by atoms with Crippen LogP contribution in [0.4, 0.5) is 4.39 Å². The molecule has 2 heterocycles. The number of ether oxygens (including phenoxy) is 1. The van der Waals surface area contributed by atoms with Crippen LogP contribution >= 0.6 is 0 Å². The first-order chi connectivity index (χ1) is 17.6. The van der Waals surface area contributed by atoms with Gasteiger partial charge in [0, 0.05) is 41.8 Å². The van der Waals surface area contributed by atoms with Crippen LogP contribution in [0.3, 0.4) is 0 Å². The Morgan fingerprint density at radius 2 is 2.03 bits per heavy atom. The van der Waals surface area contributed by atoms with Gasteiger partial charge >= 0.3 is 0 Å². The number of hydrogen-bond acceptors (Lipinski definition) is 5. The Balaban J connectivity index is 1.27. The monoisotopic (exact) mass is 481 g/mol. The Kier molecular flexibility index (Phi) is 6.92. The highest BCUT2D eigenvalue weighted by atomic mass is 19.1. The molecular formula is C30H28FN3O2. The van der Waals surface area contributed by atoms with E-state index >= 15 is 0 Å². The Morgan fingerprint density at radius 1 is 1.19 bits per heavy atom. The van der Waals surface area contributed by atoms with Crippen LogP contribution in [0.5, 0.6) is 5.75 Å². The maximum atomic E-state index is 14.4. The molecule has 0 unspecified atom stereocenters. The highest BCUT2D eigenvalue weighted by Gasteiger charge is 2.26. The zero-order valence-corrected chi connectivity index (χ0v) is 20.3. The highest BCUT2D eigenvalue weighted by molar-refractivity contribution is 6.16. The fraction of sp³-hybridized carbons (Fsp3) is 0.300.